The zero-order valence-electron chi connectivity index (χ0n) is 11.8. The van der Waals surface area contributed by atoms with Gasteiger partial charge in [-0.3, -0.25) is 9.52 Å². The lowest BCUT2D eigenvalue weighted by Gasteiger charge is -2.21. The Morgan fingerprint density at radius 1 is 1.14 bits per heavy atom. The van der Waals surface area contributed by atoms with Crippen molar-refractivity contribution in [3.8, 4) is 5.75 Å². The zero-order chi connectivity index (χ0) is 15.7. The normalized spacial score (nSPS) is 13.8. The van der Waals surface area contributed by atoms with Crippen LogP contribution in [0.5, 0.6) is 5.75 Å². The van der Waals surface area contributed by atoms with E-state index in [4.69, 9.17) is 4.74 Å². The summed E-state index contributed by atoms with van der Waals surface area (Å²) < 4.78 is 32.6. The summed E-state index contributed by atoms with van der Waals surface area (Å²) in [4.78, 5) is 11.6. The highest BCUT2D eigenvalue weighted by atomic mass is 32.2. The number of hydrogen-bond acceptors (Lipinski definition) is 4. The molecule has 0 radical (unpaired) electrons. The Morgan fingerprint density at radius 2 is 1.86 bits per heavy atom. The second kappa shape index (κ2) is 5.34. The van der Waals surface area contributed by atoms with Gasteiger partial charge in [-0.1, -0.05) is 23.8 Å². The van der Waals surface area contributed by atoms with E-state index in [2.05, 4.69) is 10.0 Å². The SMILES string of the molecule is Cc1ccc(S(=O)(=O)Nc2cccc3c2NC(=O)CO3)cc1. The molecule has 1 aliphatic rings. The van der Waals surface area contributed by atoms with Crippen LogP contribution in [0.15, 0.2) is 47.4 Å². The molecule has 0 aliphatic carbocycles. The van der Waals surface area contributed by atoms with Crippen molar-refractivity contribution < 1.29 is 17.9 Å². The van der Waals surface area contributed by atoms with E-state index in [-0.39, 0.29) is 23.1 Å². The van der Waals surface area contributed by atoms with E-state index in [0.29, 0.717) is 11.4 Å². The van der Waals surface area contributed by atoms with E-state index < -0.39 is 10.0 Å². The van der Waals surface area contributed by atoms with Crippen LogP contribution in [-0.4, -0.2) is 20.9 Å². The number of fused-ring (bicyclic) bond motifs is 1. The molecule has 114 valence electrons. The molecule has 0 unspecified atom stereocenters. The van der Waals surface area contributed by atoms with Crippen LogP contribution in [-0.2, 0) is 14.8 Å². The van der Waals surface area contributed by atoms with Crippen molar-refractivity contribution >= 4 is 27.3 Å². The Hall–Kier alpha value is -2.54. The molecular formula is C15H14N2O4S. The van der Waals surface area contributed by atoms with E-state index in [1.807, 2.05) is 6.92 Å². The summed E-state index contributed by atoms with van der Waals surface area (Å²) in [5, 5.41) is 2.62. The van der Waals surface area contributed by atoms with Gasteiger partial charge in [-0.2, -0.15) is 0 Å². The molecule has 6 nitrogen and oxygen atoms in total. The number of sulfonamides is 1. The van der Waals surface area contributed by atoms with E-state index in [0.717, 1.165) is 5.56 Å². The number of rotatable bonds is 3. The largest absolute Gasteiger partial charge is 0.481 e. The fourth-order valence-corrected chi connectivity index (χ4v) is 3.18. The van der Waals surface area contributed by atoms with Gasteiger partial charge in [0.15, 0.2) is 6.61 Å². The number of ether oxygens (including phenoxy) is 1. The number of benzene rings is 2. The number of anilines is 2. The molecule has 0 fully saturated rings. The van der Waals surface area contributed by atoms with Crippen LogP contribution < -0.4 is 14.8 Å². The minimum atomic E-state index is -3.74. The summed E-state index contributed by atoms with van der Waals surface area (Å²) in [5.74, 6) is 0.109. The molecule has 0 spiro atoms. The molecule has 0 bridgehead atoms. The van der Waals surface area contributed by atoms with E-state index in [1.165, 1.54) is 12.1 Å². The smallest absolute Gasteiger partial charge is 0.262 e. The fourth-order valence-electron chi connectivity index (χ4n) is 2.11. The summed E-state index contributed by atoms with van der Waals surface area (Å²) in [5.41, 5.74) is 1.57. The van der Waals surface area contributed by atoms with Crippen molar-refractivity contribution in [3.63, 3.8) is 0 Å². The second-order valence-corrected chi connectivity index (χ2v) is 6.62. The summed E-state index contributed by atoms with van der Waals surface area (Å²) in [7, 11) is -3.74. The number of amides is 1. The van der Waals surface area contributed by atoms with Gasteiger partial charge in [0.2, 0.25) is 0 Å². The number of aryl methyl sites for hydroxylation is 1. The van der Waals surface area contributed by atoms with Crippen LogP contribution in [0.2, 0.25) is 0 Å². The summed E-state index contributed by atoms with van der Waals surface area (Å²) >= 11 is 0. The Kier molecular flexibility index (Phi) is 3.50. The van der Waals surface area contributed by atoms with E-state index >= 15 is 0 Å². The lowest BCUT2D eigenvalue weighted by molar-refractivity contribution is -0.118. The highest BCUT2D eigenvalue weighted by molar-refractivity contribution is 7.92. The van der Waals surface area contributed by atoms with Crippen molar-refractivity contribution in [2.75, 3.05) is 16.6 Å². The van der Waals surface area contributed by atoms with Crippen LogP contribution in [0.25, 0.3) is 0 Å². The van der Waals surface area contributed by atoms with Gasteiger partial charge >= 0.3 is 0 Å². The highest BCUT2D eigenvalue weighted by Crippen LogP contribution is 2.35. The molecule has 0 atom stereocenters. The van der Waals surface area contributed by atoms with Gasteiger partial charge in [-0.25, -0.2) is 8.42 Å². The predicted octanol–water partition coefficient (Wildman–Crippen LogP) is 2.13. The minimum Gasteiger partial charge on any atom is -0.481 e. The van der Waals surface area contributed by atoms with Gasteiger partial charge in [0.1, 0.15) is 11.4 Å². The average Bonchev–Trinajstić information content (AvgIpc) is 2.48. The van der Waals surface area contributed by atoms with Crippen LogP contribution in [0.1, 0.15) is 5.56 Å². The first-order valence-electron chi connectivity index (χ1n) is 6.61. The zero-order valence-corrected chi connectivity index (χ0v) is 12.6. The monoisotopic (exact) mass is 318 g/mol. The van der Waals surface area contributed by atoms with Crippen LogP contribution in [0, 0.1) is 6.92 Å². The molecule has 22 heavy (non-hydrogen) atoms. The Labute approximate surface area is 128 Å². The molecule has 0 saturated carbocycles. The number of hydrogen-bond donors (Lipinski definition) is 2. The average molecular weight is 318 g/mol. The van der Waals surface area contributed by atoms with Crippen molar-refractivity contribution in [1.82, 2.24) is 0 Å². The van der Waals surface area contributed by atoms with Gasteiger partial charge in [-0.15, -0.1) is 0 Å². The third-order valence-electron chi connectivity index (χ3n) is 3.23. The third-order valence-corrected chi connectivity index (χ3v) is 4.61. The lowest BCUT2D eigenvalue weighted by atomic mass is 10.2. The first kappa shape index (κ1) is 14.4. The molecule has 0 saturated heterocycles. The van der Waals surface area contributed by atoms with Gasteiger partial charge < -0.3 is 10.1 Å². The van der Waals surface area contributed by atoms with Crippen molar-refractivity contribution in [1.29, 1.82) is 0 Å². The van der Waals surface area contributed by atoms with E-state index in [9.17, 15) is 13.2 Å². The summed E-state index contributed by atoms with van der Waals surface area (Å²) in [6.45, 7) is 1.80. The Bertz CT molecular complexity index is 829. The summed E-state index contributed by atoms with van der Waals surface area (Å²) in [6, 6.07) is 11.4. The van der Waals surface area contributed by atoms with Gasteiger partial charge in [-0.05, 0) is 31.2 Å². The van der Waals surface area contributed by atoms with Gasteiger partial charge in [0.05, 0.1) is 10.6 Å². The first-order chi connectivity index (χ1) is 10.5. The maximum atomic E-state index is 12.4. The lowest BCUT2D eigenvalue weighted by Crippen LogP contribution is -2.26. The number of nitrogens with one attached hydrogen (secondary N) is 2. The summed E-state index contributed by atoms with van der Waals surface area (Å²) in [6.07, 6.45) is 0. The van der Waals surface area contributed by atoms with Gasteiger partial charge in [0.25, 0.3) is 15.9 Å². The molecule has 0 aromatic heterocycles. The first-order valence-corrected chi connectivity index (χ1v) is 8.09. The standard InChI is InChI=1S/C15H14N2O4S/c1-10-5-7-11(8-6-10)22(19,20)17-12-3-2-4-13-15(12)16-14(18)9-21-13/h2-8,17H,9H2,1H3,(H,16,18). The predicted molar refractivity (Wildman–Crippen MR) is 82.6 cm³/mol. The molecule has 3 rings (SSSR count). The Morgan fingerprint density at radius 3 is 2.59 bits per heavy atom. The highest BCUT2D eigenvalue weighted by Gasteiger charge is 2.22. The van der Waals surface area contributed by atoms with Crippen molar-refractivity contribution in [3.05, 3.63) is 48.0 Å². The molecule has 7 heteroatoms. The van der Waals surface area contributed by atoms with Gasteiger partial charge in [0, 0.05) is 0 Å². The second-order valence-electron chi connectivity index (χ2n) is 4.93. The third kappa shape index (κ3) is 2.75. The number of para-hydroxylation sites is 1. The maximum Gasteiger partial charge on any atom is 0.262 e. The van der Waals surface area contributed by atoms with E-state index in [1.54, 1.807) is 30.3 Å². The molecule has 1 aliphatic heterocycles. The van der Waals surface area contributed by atoms with Crippen LogP contribution in [0.3, 0.4) is 0 Å². The molecule has 1 amide bonds. The molecule has 2 N–H and O–H groups in total. The maximum absolute atomic E-state index is 12.4. The van der Waals surface area contributed by atoms with Crippen molar-refractivity contribution in [2.24, 2.45) is 0 Å². The van der Waals surface area contributed by atoms with Crippen LogP contribution in [0.4, 0.5) is 11.4 Å². The number of carbonyl (C=O) groups is 1. The minimum absolute atomic E-state index is 0.0822. The molecule has 2 aromatic carbocycles. The van der Waals surface area contributed by atoms with Crippen LogP contribution >= 0.6 is 0 Å². The van der Waals surface area contributed by atoms with Crippen molar-refractivity contribution in [2.45, 2.75) is 11.8 Å². The molecule has 2 aromatic rings. The topological polar surface area (TPSA) is 84.5 Å². The molecule has 1 heterocycles. The molecular weight excluding hydrogens is 304 g/mol. The quantitative estimate of drug-likeness (QED) is 0.908. The Balaban J connectivity index is 1.96. The number of carbonyl (C=O) groups excluding carboxylic acids is 1. The fraction of sp³-hybridized carbons (Fsp3) is 0.133.